The monoisotopic (exact) mass is 412 g/mol. The molecule has 0 saturated heterocycles. The number of H-pyrrole nitrogens is 1. The number of Topliss-reactive ketones (excluding diaryl/α,β-unsaturated/α-hetero) is 1. The van der Waals surface area contributed by atoms with E-state index in [2.05, 4.69) is 34.0 Å². The number of carbonyl (C=O) groups excluding carboxylic acids is 3. The highest BCUT2D eigenvalue weighted by atomic mass is 19.1. The fourth-order valence-electron chi connectivity index (χ4n) is 3.70. The van der Waals surface area contributed by atoms with Crippen molar-refractivity contribution in [2.24, 2.45) is 4.99 Å². The number of aromatic nitrogens is 1. The number of aromatic amines is 1. The molecule has 1 aliphatic heterocycles. The molecule has 0 bridgehead atoms. The van der Waals surface area contributed by atoms with E-state index in [0.29, 0.717) is 23.4 Å². The van der Waals surface area contributed by atoms with Gasteiger partial charge in [0.25, 0.3) is 11.8 Å². The van der Waals surface area contributed by atoms with Gasteiger partial charge in [-0.1, -0.05) is 13.8 Å². The largest absolute Gasteiger partial charge is 0.355 e. The fourth-order valence-corrected chi connectivity index (χ4v) is 3.70. The van der Waals surface area contributed by atoms with Crippen LogP contribution in [-0.2, 0) is 4.79 Å². The van der Waals surface area contributed by atoms with Crippen LogP contribution in [0.5, 0.6) is 0 Å². The second-order valence-electron chi connectivity index (χ2n) is 7.19. The zero-order valence-electron chi connectivity index (χ0n) is 17.6. The number of hydrogen-bond donors (Lipinski definition) is 2. The highest BCUT2D eigenvalue weighted by Gasteiger charge is 2.29. The first-order chi connectivity index (χ1) is 14.3. The van der Waals surface area contributed by atoms with Crippen LogP contribution in [-0.4, -0.2) is 53.7 Å². The van der Waals surface area contributed by atoms with Crippen LogP contribution in [0.1, 0.15) is 46.0 Å². The number of fused-ring (bicyclic) bond motifs is 1. The summed E-state index contributed by atoms with van der Waals surface area (Å²) >= 11 is 0. The first-order valence-electron chi connectivity index (χ1n) is 9.95. The molecular formula is C22H25FN4O3. The number of likely N-dealkylation sites (N-methyl/N-ethyl adjacent to an activating group) is 1. The standard InChI is InChI=1S/C22H25FN4O3/c1-5-27(6-2)10-9-24-21(29)17-12(3)19(25-13(17)4)20(28)18-15-11-14(23)7-8-16(15)26-22(18)30/h7-8,11,25H,5-6,9-10H2,1-4H3,(H,24,29). The number of carbonyl (C=O) groups is 3. The molecule has 1 aliphatic rings. The zero-order chi connectivity index (χ0) is 22.0. The number of aryl methyl sites for hydroxylation is 1. The van der Waals surface area contributed by atoms with Gasteiger partial charge in [-0.2, -0.15) is 0 Å². The van der Waals surface area contributed by atoms with Crippen LogP contribution in [0.3, 0.4) is 0 Å². The molecule has 0 spiro atoms. The summed E-state index contributed by atoms with van der Waals surface area (Å²) in [5, 5.41) is 3.31. The molecule has 30 heavy (non-hydrogen) atoms. The van der Waals surface area contributed by atoms with Crippen molar-refractivity contribution in [3.63, 3.8) is 0 Å². The highest BCUT2D eigenvalue weighted by molar-refractivity contribution is 6.45. The molecule has 2 aromatic rings. The van der Waals surface area contributed by atoms with Crippen LogP contribution < -0.4 is 15.9 Å². The molecule has 0 atom stereocenters. The Labute approximate surface area is 173 Å². The molecule has 1 aromatic heterocycles. The van der Waals surface area contributed by atoms with Crippen molar-refractivity contribution in [1.29, 1.82) is 0 Å². The van der Waals surface area contributed by atoms with Gasteiger partial charge in [-0.25, -0.2) is 9.38 Å². The number of benzene rings is 1. The van der Waals surface area contributed by atoms with E-state index in [1.54, 1.807) is 13.8 Å². The van der Waals surface area contributed by atoms with E-state index in [-0.39, 0.29) is 27.8 Å². The van der Waals surface area contributed by atoms with E-state index >= 15 is 0 Å². The molecule has 2 N–H and O–H groups in total. The van der Waals surface area contributed by atoms with Crippen molar-refractivity contribution in [3.05, 3.63) is 57.1 Å². The van der Waals surface area contributed by atoms with Crippen molar-refractivity contribution >= 4 is 23.2 Å². The molecule has 0 saturated carbocycles. The SMILES string of the molecule is CCN(CC)CCNC(=O)c1c(C)[nH]c(C(=O)C2=c3cc(F)ccc3=NC2=O)c1C. The van der Waals surface area contributed by atoms with E-state index in [0.717, 1.165) is 25.7 Å². The van der Waals surface area contributed by atoms with Gasteiger partial charge in [-0.05, 0) is 50.7 Å². The van der Waals surface area contributed by atoms with Crippen molar-refractivity contribution in [2.45, 2.75) is 27.7 Å². The van der Waals surface area contributed by atoms with Crippen LogP contribution in [0.4, 0.5) is 4.39 Å². The minimum atomic E-state index is -0.711. The van der Waals surface area contributed by atoms with Gasteiger partial charge in [-0.15, -0.1) is 0 Å². The lowest BCUT2D eigenvalue weighted by atomic mass is 10.0. The second kappa shape index (κ2) is 8.71. The number of nitrogens with one attached hydrogen (secondary N) is 2. The Morgan fingerprint density at radius 1 is 1.20 bits per heavy atom. The number of nitrogens with zero attached hydrogens (tertiary/aromatic N) is 2. The van der Waals surface area contributed by atoms with Gasteiger partial charge >= 0.3 is 0 Å². The van der Waals surface area contributed by atoms with Gasteiger partial charge in [0.2, 0.25) is 5.78 Å². The molecule has 7 nitrogen and oxygen atoms in total. The van der Waals surface area contributed by atoms with Crippen LogP contribution in [0.15, 0.2) is 23.2 Å². The van der Waals surface area contributed by atoms with E-state index in [4.69, 9.17) is 0 Å². The molecule has 1 aromatic carbocycles. The summed E-state index contributed by atoms with van der Waals surface area (Å²) in [7, 11) is 0. The number of halogens is 1. The van der Waals surface area contributed by atoms with Crippen LogP contribution in [0.25, 0.3) is 5.57 Å². The van der Waals surface area contributed by atoms with E-state index in [9.17, 15) is 18.8 Å². The quantitative estimate of drug-likeness (QED) is 0.634. The van der Waals surface area contributed by atoms with Crippen LogP contribution in [0.2, 0.25) is 0 Å². The predicted octanol–water partition coefficient (Wildman–Crippen LogP) is 1.04. The molecule has 158 valence electrons. The molecule has 0 radical (unpaired) electrons. The molecule has 2 heterocycles. The number of rotatable bonds is 8. The Balaban J connectivity index is 1.90. The Bertz CT molecular complexity index is 1150. The molecule has 0 aliphatic carbocycles. The van der Waals surface area contributed by atoms with Gasteiger partial charge in [-0.3, -0.25) is 14.4 Å². The third kappa shape index (κ3) is 3.95. The minimum absolute atomic E-state index is 0.136. The Kier molecular flexibility index (Phi) is 6.26. The molecule has 3 rings (SSSR count). The van der Waals surface area contributed by atoms with Crippen molar-refractivity contribution in [2.75, 3.05) is 26.2 Å². The van der Waals surface area contributed by atoms with Gasteiger partial charge in [0.05, 0.1) is 16.6 Å². The van der Waals surface area contributed by atoms with Crippen LogP contribution in [0, 0.1) is 19.7 Å². The van der Waals surface area contributed by atoms with Crippen molar-refractivity contribution in [3.8, 4) is 0 Å². The van der Waals surface area contributed by atoms with Crippen LogP contribution >= 0.6 is 0 Å². The molecule has 8 heteroatoms. The predicted molar refractivity (Wildman–Crippen MR) is 110 cm³/mol. The van der Waals surface area contributed by atoms with Gasteiger partial charge < -0.3 is 15.2 Å². The summed E-state index contributed by atoms with van der Waals surface area (Å²) < 4.78 is 13.7. The average Bonchev–Trinajstić information content (AvgIpc) is 3.19. The maximum Gasteiger partial charge on any atom is 0.282 e. The third-order valence-electron chi connectivity index (χ3n) is 5.39. The Morgan fingerprint density at radius 3 is 2.57 bits per heavy atom. The smallest absolute Gasteiger partial charge is 0.282 e. The maximum absolute atomic E-state index is 13.7. The van der Waals surface area contributed by atoms with E-state index < -0.39 is 17.5 Å². The van der Waals surface area contributed by atoms with Gasteiger partial charge in [0.15, 0.2) is 0 Å². The lowest BCUT2D eigenvalue weighted by Crippen LogP contribution is -2.35. The summed E-state index contributed by atoms with van der Waals surface area (Å²) in [6.07, 6.45) is 0. The molecular weight excluding hydrogens is 387 g/mol. The maximum atomic E-state index is 13.7. The Morgan fingerprint density at radius 2 is 1.90 bits per heavy atom. The first-order valence-corrected chi connectivity index (χ1v) is 9.95. The molecule has 2 amide bonds. The topological polar surface area (TPSA) is 94.6 Å². The zero-order valence-corrected chi connectivity index (χ0v) is 17.6. The molecule has 0 fully saturated rings. The average molecular weight is 412 g/mol. The van der Waals surface area contributed by atoms with Gasteiger partial charge in [0.1, 0.15) is 11.4 Å². The van der Waals surface area contributed by atoms with E-state index in [1.807, 2.05) is 0 Å². The highest BCUT2D eigenvalue weighted by Crippen LogP contribution is 2.21. The third-order valence-corrected chi connectivity index (χ3v) is 5.39. The number of ketones is 1. The first kappa shape index (κ1) is 21.6. The fraction of sp³-hybridized carbons (Fsp3) is 0.364. The lowest BCUT2D eigenvalue weighted by Gasteiger charge is -2.18. The lowest BCUT2D eigenvalue weighted by molar-refractivity contribution is -0.112. The Hall–Kier alpha value is -3.13. The summed E-state index contributed by atoms with van der Waals surface area (Å²) in [5.41, 5.74) is 1.29. The van der Waals surface area contributed by atoms with Gasteiger partial charge in [0, 0.05) is 24.0 Å². The summed E-state index contributed by atoms with van der Waals surface area (Å²) in [6.45, 7) is 10.5. The second-order valence-corrected chi connectivity index (χ2v) is 7.19. The summed E-state index contributed by atoms with van der Waals surface area (Å²) in [5.74, 6) is -2.16. The number of hydrogen-bond acceptors (Lipinski definition) is 4. The van der Waals surface area contributed by atoms with E-state index in [1.165, 1.54) is 12.1 Å². The van der Waals surface area contributed by atoms with Crippen molar-refractivity contribution < 1.29 is 18.8 Å². The molecule has 0 unspecified atom stereocenters. The summed E-state index contributed by atoms with van der Waals surface area (Å²) in [6, 6.07) is 3.68. The van der Waals surface area contributed by atoms with Crippen molar-refractivity contribution in [1.82, 2.24) is 15.2 Å². The number of amides is 2. The normalized spacial score (nSPS) is 12.9. The minimum Gasteiger partial charge on any atom is -0.355 e. The summed E-state index contributed by atoms with van der Waals surface area (Å²) in [4.78, 5) is 47.1.